The summed E-state index contributed by atoms with van der Waals surface area (Å²) in [6, 6.07) is 5.48. The number of hydrogen-bond donors (Lipinski definition) is 1. The van der Waals surface area contributed by atoms with Crippen molar-refractivity contribution in [1.82, 2.24) is 4.98 Å². The summed E-state index contributed by atoms with van der Waals surface area (Å²) in [6.45, 7) is 0. The van der Waals surface area contributed by atoms with Crippen LogP contribution in [0, 0.1) is 5.95 Å². The van der Waals surface area contributed by atoms with Crippen molar-refractivity contribution in [1.29, 1.82) is 0 Å². The number of hydrogen-bond acceptors (Lipinski definition) is 3. The molecule has 0 spiro atoms. The number of rotatable bonds is 2. The van der Waals surface area contributed by atoms with Crippen molar-refractivity contribution >= 4 is 5.97 Å². The van der Waals surface area contributed by atoms with Crippen LogP contribution < -0.4 is 0 Å². The molecular formula is C10H6FNO3. The van der Waals surface area contributed by atoms with Crippen LogP contribution in [0.2, 0.25) is 0 Å². The number of aromatic carboxylic acids is 1. The first-order valence-corrected chi connectivity index (χ1v) is 4.12. The van der Waals surface area contributed by atoms with Gasteiger partial charge in [0.25, 0.3) is 0 Å². The normalized spacial score (nSPS) is 10.2. The maximum absolute atomic E-state index is 12.5. The average Bonchev–Trinajstić information content (AvgIpc) is 2.68. The van der Waals surface area contributed by atoms with Gasteiger partial charge in [0.05, 0.1) is 0 Å². The van der Waals surface area contributed by atoms with Crippen LogP contribution in [0.25, 0.3) is 11.3 Å². The predicted octanol–water partition coefficient (Wildman–Crippen LogP) is 2.18. The zero-order chi connectivity index (χ0) is 10.8. The van der Waals surface area contributed by atoms with E-state index < -0.39 is 11.9 Å². The monoisotopic (exact) mass is 207 g/mol. The van der Waals surface area contributed by atoms with Crippen molar-refractivity contribution in [3.8, 4) is 11.3 Å². The lowest BCUT2D eigenvalue weighted by Crippen LogP contribution is -1.91. The van der Waals surface area contributed by atoms with Gasteiger partial charge >= 0.3 is 5.97 Å². The molecule has 0 atom stereocenters. The van der Waals surface area contributed by atoms with Gasteiger partial charge in [-0.1, -0.05) is 0 Å². The van der Waals surface area contributed by atoms with Gasteiger partial charge in [0.15, 0.2) is 0 Å². The first-order chi connectivity index (χ1) is 7.16. The Morgan fingerprint density at radius 1 is 1.33 bits per heavy atom. The first kappa shape index (κ1) is 9.39. The van der Waals surface area contributed by atoms with Gasteiger partial charge < -0.3 is 9.52 Å². The molecule has 0 aliphatic rings. The Kier molecular flexibility index (Phi) is 2.21. The Labute approximate surface area is 84.0 Å². The van der Waals surface area contributed by atoms with Crippen LogP contribution in [0.5, 0.6) is 0 Å². The Bertz CT molecular complexity index is 490. The fourth-order valence-corrected chi connectivity index (χ4v) is 1.13. The summed E-state index contributed by atoms with van der Waals surface area (Å²) in [7, 11) is 0. The molecular weight excluding hydrogens is 201 g/mol. The molecule has 0 aliphatic heterocycles. The topological polar surface area (TPSA) is 63.3 Å². The number of carboxylic acids is 1. The fraction of sp³-hybridized carbons (Fsp3) is 0. The molecule has 2 heterocycles. The highest BCUT2D eigenvalue weighted by Crippen LogP contribution is 2.21. The Morgan fingerprint density at radius 2 is 2.13 bits per heavy atom. The second-order valence-corrected chi connectivity index (χ2v) is 2.84. The largest absolute Gasteiger partial charge is 0.475 e. The lowest BCUT2D eigenvalue weighted by atomic mass is 10.2. The summed E-state index contributed by atoms with van der Waals surface area (Å²) < 4.78 is 17.5. The number of carboxylic acid groups (broad SMARTS) is 1. The van der Waals surface area contributed by atoms with E-state index in [1.54, 1.807) is 0 Å². The maximum Gasteiger partial charge on any atom is 0.371 e. The lowest BCUT2D eigenvalue weighted by Gasteiger charge is -1.94. The zero-order valence-corrected chi connectivity index (χ0v) is 7.48. The highest BCUT2D eigenvalue weighted by atomic mass is 19.1. The predicted molar refractivity (Wildman–Crippen MR) is 48.9 cm³/mol. The van der Waals surface area contributed by atoms with Crippen molar-refractivity contribution in [3.63, 3.8) is 0 Å². The second kappa shape index (κ2) is 3.53. The molecule has 0 unspecified atom stereocenters. The molecule has 1 N–H and O–H groups in total. The third-order valence-corrected chi connectivity index (χ3v) is 1.83. The van der Waals surface area contributed by atoms with Crippen molar-refractivity contribution in [2.45, 2.75) is 0 Å². The van der Waals surface area contributed by atoms with E-state index in [0.717, 1.165) is 0 Å². The molecule has 0 bridgehead atoms. The molecule has 5 heteroatoms. The molecule has 0 amide bonds. The molecule has 15 heavy (non-hydrogen) atoms. The van der Waals surface area contributed by atoms with Gasteiger partial charge in [-0.05, 0) is 24.3 Å². The molecule has 0 saturated carbocycles. The minimum atomic E-state index is -1.14. The third-order valence-electron chi connectivity index (χ3n) is 1.83. The van der Waals surface area contributed by atoms with Crippen LogP contribution >= 0.6 is 0 Å². The minimum absolute atomic E-state index is 0.158. The van der Waals surface area contributed by atoms with E-state index in [9.17, 15) is 9.18 Å². The van der Waals surface area contributed by atoms with E-state index >= 15 is 0 Å². The van der Waals surface area contributed by atoms with E-state index in [1.165, 1.54) is 30.5 Å². The van der Waals surface area contributed by atoms with Crippen molar-refractivity contribution in [2.75, 3.05) is 0 Å². The van der Waals surface area contributed by atoms with Gasteiger partial charge in [-0.25, -0.2) is 9.78 Å². The SMILES string of the molecule is O=C(O)c1ccc(-c2ccc(F)nc2)o1. The number of aromatic nitrogens is 1. The number of halogens is 1. The van der Waals surface area contributed by atoms with Gasteiger partial charge in [0.2, 0.25) is 11.7 Å². The van der Waals surface area contributed by atoms with E-state index in [4.69, 9.17) is 9.52 Å². The summed E-state index contributed by atoms with van der Waals surface area (Å²) in [5, 5.41) is 8.62. The minimum Gasteiger partial charge on any atom is -0.475 e. The quantitative estimate of drug-likeness (QED) is 0.766. The Morgan fingerprint density at radius 3 is 2.67 bits per heavy atom. The van der Waals surface area contributed by atoms with E-state index in [0.29, 0.717) is 11.3 Å². The van der Waals surface area contributed by atoms with Gasteiger partial charge in [-0.3, -0.25) is 0 Å². The molecule has 2 aromatic rings. The van der Waals surface area contributed by atoms with Gasteiger partial charge in [0.1, 0.15) is 5.76 Å². The van der Waals surface area contributed by atoms with Gasteiger partial charge in [-0.2, -0.15) is 4.39 Å². The summed E-state index contributed by atoms with van der Waals surface area (Å²) >= 11 is 0. The number of carbonyl (C=O) groups is 1. The Hall–Kier alpha value is -2.17. The molecule has 0 fully saturated rings. The Balaban J connectivity index is 2.37. The maximum atomic E-state index is 12.5. The fourth-order valence-electron chi connectivity index (χ4n) is 1.13. The van der Waals surface area contributed by atoms with Crippen molar-refractivity contribution < 1.29 is 18.7 Å². The second-order valence-electron chi connectivity index (χ2n) is 2.84. The van der Waals surface area contributed by atoms with Gasteiger partial charge in [-0.15, -0.1) is 0 Å². The summed E-state index contributed by atoms with van der Waals surface area (Å²) in [5.41, 5.74) is 0.531. The summed E-state index contributed by atoms with van der Waals surface area (Å²) in [6.07, 6.45) is 1.28. The highest BCUT2D eigenvalue weighted by molar-refractivity contribution is 5.85. The van der Waals surface area contributed by atoms with Crippen LogP contribution in [0.4, 0.5) is 4.39 Å². The van der Waals surface area contributed by atoms with Crippen LogP contribution in [0.1, 0.15) is 10.6 Å². The highest BCUT2D eigenvalue weighted by Gasteiger charge is 2.10. The van der Waals surface area contributed by atoms with Crippen molar-refractivity contribution in [2.24, 2.45) is 0 Å². The number of furan rings is 1. The molecule has 0 saturated heterocycles. The average molecular weight is 207 g/mol. The molecule has 0 aromatic carbocycles. The van der Waals surface area contributed by atoms with Crippen LogP contribution in [0.3, 0.4) is 0 Å². The zero-order valence-electron chi connectivity index (χ0n) is 7.48. The summed E-state index contributed by atoms with van der Waals surface area (Å²) in [5.74, 6) is -1.55. The van der Waals surface area contributed by atoms with Crippen molar-refractivity contribution in [3.05, 3.63) is 42.2 Å². The number of pyridine rings is 1. The lowest BCUT2D eigenvalue weighted by molar-refractivity contribution is 0.0663. The number of nitrogens with zero attached hydrogens (tertiary/aromatic N) is 1. The first-order valence-electron chi connectivity index (χ1n) is 4.12. The van der Waals surface area contributed by atoms with E-state index in [2.05, 4.69) is 4.98 Å². The third kappa shape index (κ3) is 1.85. The van der Waals surface area contributed by atoms with Crippen LogP contribution in [0.15, 0.2) is 34.9 Å². The molecule has 76 valence electrons. The van der Waals surface area contributed by atoms with E-state index in [1.807, 2.05) is 0 Å². The standard InChI is InChI=1S/C10H6FNO3/c11-9-4-1-6(5-12-9)7-2-3-8(15-7)10(13)14/h1-5H,(H,13,14). The smallest absolute Gasteiger partial charge is 0.371 e. The molecule has 0 aliphatic carbocycles. The molecule has 2 aromatic heterocycles. The van der Waals surface area contributed by atoms with Gasteiger partial charge in [0, 0.05) is 11.8 Å². The van der Waals surface area contributed by atoms with E-state index in [-0.39, 0.29) is 5.76 Å². The summed E-state index contributed by atoms with van der Waals surface area (Å²) in [4.78, 5) is 14.0. The van der Waals surface area contributed by atoms with Crippen LogP contribution in [-0.2, 0) is 0 Å². The molecule has 2 rings (SSSR count). The molecule has 0 radical (unpaired) electrons. The molecule has 4 nitrogen and oxygen atoms in total. The van der Waals surface area contributed by atoms with Crippen LogP contribution in [-0.4, -0.2) is 16.1 Å².